The van der Waals surface area contributed by atoms with Crippen LogP contribution in [0, 0.1) is 0 Å². The highest BCUT2D eigenvalue weighted by Crippen LogP contribution is 2.24. The van der Waals surface area contributed by atoms with Crippen molar-refractivity contribution in [2.75, 3.05) is 31.8 Å². The van der Waals surface area contributed by atoms with Gasteiger partial charge in [0.25, 0.3) is 0 Å². The Morgan fingerprint density at radius 1 is 1.00 bits per heavy atom. The average Bonchev–Trinajstić information content (AvgIpc) is 3.13. The van der Waals surface area contributed by atoms with E-state index in [1.807, 2.05) is 6.92 Å². The summed E-state index contributed by atoms with van der Waals surface area (Å²) in [5, 5.41) is 9.42. The van der Waals surface area contributed by atoms with Gasteiger partial charge in [-0.1, -0.05) is 28.5 Å². The largest absolute Gasteiger partial charge is 0.394 e. The monoisotopic (exact) mass is 433 g/mol. The topological polar surface area (TPSA) is 83.9 Å². The Morgan fingerprint density at radius 2 is 1.68 bits per heavy atom. The van der Waals surface area contributed by atoms with E-state index in [0.717, 1.165) is 24.3 Å². The summed E-state index contributed by atoms with van der Waals surface area (Å²) >= 11 is 0. The van der Waals surface area contributed by atoms with E-state index in [1.54, 1.807) is 33.6 Å². The van der Waals surface area contributed by atoms with Crippen molar-refractivity contribution in [3.8, 4) is 0 Å². The maximum absolute atomic E-state index is 12.3. The Bertz CT molecular complexity index is 489. The molecule has 1 aliphatic rings. The molecule has 1 N–H and O–H groups in total. The van der Waals surface area contributed by atoms with Crippen LogP contribution in [0.25, 0.3) is 0 Å². The number of aliphatic hydroxyl groups excluding tert-OH is 1. The molecule has 8 heteroatoms. The van der Waals surface area contributed by atoms with Gasteiger partial charge in [-0.25, -0.2) is 0 Å². The predicted molar refractivity (Wildman–Crippen MR) is 116 cm³/mol. The Morgan fingerprint density at radius 3 is 2.36 bits per heavy atom. The number of likely N-dealkylation sites (tertiary alicyclic amines) is 1. The molecule has 1 fully saturated rings. The Hall–Kier alpha value is -0.570. The molecule has 0 bridgehead atoms. The zero-order chi connectivity index (χ0) is 20.8. The molecule has 0 spiro atoms. The van der Waals surface area contributed by atoms with Gasteiger partial charge in [0, 0.05) is 57.3 Å². The van der Waals surface area contributed by atoms with Gasteiger partial charge in [0.1, 0.15) is 11.6 Å². The normalized spacial score (nSPS) is 19.2. The van der Waals surface area contributed by atoms with Crippen LogP contribution in [0.3, 0.4) is 0 Å². The molecule has 1 heterocycles. The van der Waals surface area contributed by atoms with Crippen LogP contribution in [-0.4, -0.2) is 71.4 Å². The van der Waals surface area contributed by atoms with Crippen molar-refractivity contribution in [3.63, 3.8) is 0 Å². The molecule has 0 aromatic carbocycles. The second-order valence-electron chi connectivity index (χ2n) is 7.11. The van der Waals surface area contributed by atoms with Crippen molar-refractivity contribution in [3.05, 3.63) is 0 Å². The van der Waals surface area contributed by atoms with Crippen LogP contribution in [0.5, 0.6) is 0 Å². The van der Waals surface area contributed by atoms with Gasteiger partial charge in [-0.2, -0.15) is 0 Å². The highest BCUT2D eigenvalue weighted by molar-refractivity contribution is 8.76. The predicted octanol–water partition coefficient (Wildman–Crippen LogP) is 3.25. The minimum Gasteiger partial charge on any atom is -0.394 e. The molecular formula is C20H35NO5S2. The van der Waals surface area contributed by atoms with Crippen molar-refractivity contribution in [1.82, 2.24) is 4.90 Å². The third-order valence-corrected chi connectivity index (χ3v) is 7.45. The van der Waals surface area contributed by atoms with Gasteiger partial charge in [-0.15, -0.1) is 0 Å². The summed E-state index contributed by atoms with van der Waals surface area (Å²) in [5.41, 5.74) is 0. The smallest absolute Gasteiger partial charge is 0.222 e. The first kappa shape index (κ1) is 25.5. The van der Waals surface area contributed by atoms with E-state index in [-0.39, 0.29) is 30.4 Å². The van der Waals surface area contributed by atoms with Crippen molar-refractivity contribution in [2.45, 2.75) is 76.9 Å². The van der Waals surface area contributed by atoms with Crippen LogP contribution in [0.15, 0.2) is 0 Å². The number of carbonyl (C=O) groups excluding carboxylic acids is 3. The maximum atomic E-state index is 12.3. The molecular weight excluding hydrogens is 398 g/mol. The third-order valence-electron chi connectivity index (χ3n) is 4.96. The van der Waals surface area contributed by atoms with E-state index in [2.05, 4.69) is 0 Å². The van der Waals surface area contributed by atoms with E-state index in [1.165, 1.54) is 0 Å². The van der Waals surface area contributed by atoms with Gasteiger partial charge in [0.2, 0.25) is 5.91 Å². The van der Waals surface area contributed by atoms with Gasteiger partial charge in [0.15, 0.2) is 0 Å². The summed E-state index contributed by atoms with van der Waals surface area (Å²) < 4.78 is 5.30. The van der Waals surface area contributed by atoms with Crippen LogP contribution >= 0.6 is 21.6 Å². The van der Waals surface area contributed by atoms with Crippen molar-refractivity contribution >= 4 is 39.1 Å². The fraction of sp³-hybridized carbons (Fsp3) is 0.850. The molecule has 0 saturated carbocycles. The third kappa shape index (κ3) is 10.3. The van der Waals surface area contributed by atoms with E-state index >= 15 is 0 Å². The van der Waals surface area contributed by atoms with Crippen LogP contribution in [0.1, 0.15) is 64.7 Å². The fourth-order valence-electron chi connectivity index (χ4n) is 3.17. The first-order chi connectivity index (χ1) is 13.5. The van der Waals surface area contributed by atoms with Crippen molar-refractivity contribution in [2.24, 2.45) is 0 Å². The second kappa shape index (κ2) is 15.3. The molecule has 0 radical (unpaired) electrons. The number of hydrogen-bond acceptors (Lipinski definition) is 7. The molecule has 0 aromatic heterocycles. The van der Waals surface area contributed by atoms with E-state index < -0.39 is 0 Å². The molecule has 1 aliphatic heterocycles. The standard InChI is InChI=1S/C20H35NO5S2/c1-3-17(23)10-12-28-27-11-6-8-18(24)7-4-5-9-20(25)21-14-19(26-2)13-16(21)15-22/h16,19,22H,3-15H2,1-2H3/t16-,19+/m1/s1. The number of amides is 1. The lowest BCUT2D eigenvalue weighted by molar-refractivity contribution is -0.133. The van der Waals surface area contributed by atoms with Gasteiger partial charge in [-0.3, -0.25) is 14.4 Å². The molecule has 162 valence electrons. The SMILES string of the molecule is CCC(=O)CCSSCCCC(=O)CCCCC(=O)N1C[C@@H](OC)C[C@@H]1CO. The number of unbranched alkanes of at least 4 members (excludes halogenated alkanes) is 1. The number of aliphatic hydroxyl groups is 1. The molecule has 1 rings (SSSR count). The Labute approximate surface area is 176 Å². The summed E-state index contributed by atoms with van der Waals surface area (Å²) in [7, 11) is 5.06. The minimum atomic E-state index is -0.144. The summed E-state index contributed by atoms with van der Waals surface area (Å²) in [5.74, 6) is 2.37. The molecule has 1 amide bonds. The summed E-state index contributed by atoms with van der Waals surface area (Å²) in [6.07, 6.45) is 5.76. The molecule has 28 heavy (non-hydrogen) atoms. The number of rotatable bonds is 16. The van der Waals surface area contributed by atoms with E-state index in [9.17, 15) is 19.5 Å². The second-order valence-corrected chi connectivity index (χ2v) is 9.81. The van der Waals surface area contributed by atoms with Gasteiger partial charge in [-0.05, 0) is 25.7 Å². The maximum Gasteiger partial charge on any atom is 0.222 e. The summed E-state index contributed by atoms with van der Waals surface area (Å²) in [6.45, 7) is 2.40. The molecule has 0 unspecified atom stereocenters. The fourth-order valence-corrected chi connectivity index (χ4v) is 5.29. The lowest BCUT2D eigenvalue weighted by Gasteiger charge is -2.22. The molecule has 1 saturated heterocycles. The van der Waals surface area contributed by atoms with Crippen LogP contribution in [-0.2, 0) is 19.1 Å². The van der Waals surface area contributed by atoms with Gasteiger partial charge >= 0.3 is 0 Å². The van der Waals surface area contributed by atoms with Crippen LogP contribution < -0.4 is 0 Å². The molecule has 0 aromatic rings. The number of Topliss-reactive ketones (excluding diaryl/α,β-unsaturated/α-hetero) is 2. The van der Waals surface area contributed by atoms with Crippen LogP contribution in [0.2, 0.25) is 0 Å². The summed E-state index contributed by atoms with van der Waals surface area (Å²) in [4.78, 5) is 37.2. The first-order valence-electron chi connectivity index (χ1n) is 10.2. The lowest BCUT2D eigenvalue weighted by Crippen LogP contribution is -2.37. The number of methoxy groups -OCH3 is 1. The highest BCUT2D eigenvalue weighted by atomic mass is 33.1. The van der Waals surface area contributed by atoms with Crippen molar-refractivity contribution in [1.29, 1.82) is 0 Å². The minimum absolute atomic E-state index is 0.00541. The molecule has 0 aliphatic carbocycles. The number of carbonyl (C=O) groups is 3. The van der Waals surface area contributed by atoms with Gasteiger partial charge < -0.3 is 14.7 Å². The summed E-state index contributed by atoms with van der Waals surface area (Å²) in [6, 6.07) is -0.144. The van der Waals surface area contributed by atoms with E-state index in [4.69, 9.17) is 4.74 Å². The zero-order valence-corrected chi connectivity index (χ0v) is 18.8. The number of nitrogens with zero attached hydrogens (tertiary/aromatic N) is 1. The average molecular weight is 434 g/mol. The highest BCUT2D eigenvalue weighted by Gasteiger charge is 2.34. The Balaban J connectivity index is 2.03. The van der Waals surface area contributed by atoms with Crippen molar-refractivity contribution < 1.29 is 24.2 Å². The number of ketones is 2. The Kier molecular flexibility index (Phi) is 13.9. The van der Waals surface area contributed by atoms with E-state index in [0.29, 0.717) is 57.3 Å². The number of ether oxygens (including phenoxy) is 1. The first-order valence-corrected chi connectivity index (χ1v) is 12.7. The van der Waals surface area contributed by atoms with Gasteiger partial charge in [0.05, 0.1) is 18.8 Å². The quantitative estimate of drug-likeness (QED) is 0.295. The molecule has 2 atom stereocenters. The lowest BCUT2D eigenvalue weighted by atomic mass is 10.1. The zero-order valence-electron chi connectivity index (χ0n) is 17.2. The number of hydrogen-bond donors (Lipinski definition) is 1. The van der Waals surface area contributed by atoms with Crippen LogP contribution in [0.4, 0.5) is 0 Å². The molecule has 6 nitrogen and oxygen atoms in total.